The maximum absolute atomic E-state index is 5.92. The molecule has 0 bridgehead atoms. The molecule has 96 valence electrons. The molecule has 0 aliphatic rings. The van der Waals surface area contributed by atoms with Crippen LogP contribution in [0.4, 0.5) is 5.69 Å². The molecular formula is C15H12ClNOS. The third kappa shape index (κ3) is 2.83. The summed E-state index contributed by atoms with van der Waals surface area (Å²) in [6.45, 7) is 0.541. The first kappa shape index (κ1) is 12.3. The molecule has 0 aliphatic carbocycles. The maximum atomic E-state index is 5.92. The van der Waals surface area contributed by atoms with Crippen LogP contribution in [0.25, 0.3) is 10.1 Å². The lowest BCUT2D eigenvalue weighted by Crippen LogP contribution is -1.92. The molecule has 0 aliphatic heterocycles. The van der Waals surface area contributed by atoms with Crippen LogP contribution in [0, 0.1) is 0 Å². The first-order valence-electron chi connectivity index (χ1n) is 5.87. The molecule has 4 heteroatoms. The lowest BCUT2D eigenvalue weighted by molar-refractivity contribution is 0.310. The Hall–Kier alpha value is -1.71. The molecule has 0 saturated heterocycles. The molecule has 2 N–H and O–H groups in total. The zero-order valence-electron chi connectivity index (χ0n) is 10.1. The third-order valence-corrected chi connectivity index (χ3v) is 4.08. The van der Waals surface area contributed by atoms with Crippen molar-refractivity contribution in [1.82, 2.24) is 0 Å². The van der Waals surface area contributed by atoms with Crippen molar-refractivity contribution in [1.29, 1.82) is 0 Å². The molecule has 2 nitrogen and oxygen atoms in total. The summed E-state index contributed by atoms with van der Waals surface area (Å²) < 4.78 is 6.91. The smallest absolute Gasteiger partial charge is 0.122 e. The summed E-state index contributed by atoms with van der Waals surface area (Å²) >= 11 is 7.61. The predicted octanol–water partition coefficient (Wildman–Crippen LogP) is 4.72. The van der Waals surface area contributed by atoms with Gasteiger partial charge >= 0.3 is 0 Å². The highest BCUT2D eigenvalue weighted by Crippen LogP contribution is 2.28. The molecule has 0 saturated carbocycles. The number of nitrogens with two attached hydrogens (primary N) is 1. The van der Waals surface area contributed by atoms with Crippen LogP contribution < -0.4 is 10.5 Å². The molecule has 2 aromatic carbocycles. The van der Waals surface area contributed by atoms with E-state index < -0.39 is 0 Å². The van der Waals surface area contributed by atoms with Gasteiger partial charge in [0.1, 0.15) is 12.4 Å². The van der Waals surface area contributed by atoms with E-state index in [1.165, 1.54) is 15.0 Å². The number of nitrogen functional groups attached to an aromatic ring is 1. The quantitative estimate of drug-likeness (QED) is 0.708. The van der Waals surface area contributed by atoms with Crippen LogP contribution >= 0.6 is 22.9 Å². The number of anilines is 1. The number of thiophene rings is 1. The van der Waals surface area contributed by atoms with Crippen molar-refractivity contribution < 1.29 is 4.74 Å². The Bertz CT molecular complexity index is 723. The summed E-state index contributed by atoms with van der Waals surface area (Å²) in [5.74, 6) is 0.782. The molecule has 0 atom stereocenters. The normalized spacial score (nSPS) is 10.8. The molecule has 0 fully saturated rings. The Labute approximate surface area is 120 Å². The van der Waals surface area contributed by atoms with E-state index in [0.717, 1.165) is 11.4 Å². The van der Waals surface area contributed by atoms with Gasteiger partial charge in [0, 0.05) is 20.3 Å². The number of hydrogen-bond donors (Lipinski definition) is 1. The van der Waals surface area contributed by atoms with E-state index in [0.29, 0.717) is 11.6 Å². The van der Waals surface area contributed by atoms with E-state index in [-0.39, 0.29) is 0 Å². The maximum Gasteiger partial charge on any atom is 0.122 e. The number of halogens is 1. The molecule has 1 heterocycles. The lowest BCUT2D eigenvalue weighted by atomic mass is 10.2. The molecular weight excluding hydrogens is 278 g/mol. The van der Waals surface area contributed by atoms with Crippen LogP contribution in [-0.2, 0) is 6.61 Å². The Kier molecular flexibility index (Phi) is 3.32. The van der Waals surface area contributed by atoms with Crippen LogP contribution in [0.3, 0.4) is 0 Å². The average molecular weight is 290 g/mol. The van der Waals surface area contributed by atoms with Crippen molar-refractivity contribution in [2.45, 2.75) is 6.61 Å². The monoisotopic (exact) mass is 289 g/mol. The summed E-state index contributed by atoms with van der Waals surface area (Å²) in [6.07, 6.45) is 0. The fourth-order valence-electron chi connectivity index (χ4n) is 1.89. The van der Waals surface area contributed by atoms with Crippen LogP contribution in [0.1, 0.15) is 4.88 Å². The van der Waals surface area contributed by atoms with Crippen molar-refractivity contribution in [3.05, 3.63) is 58.4 Å². The number of benzene rings is 2. The standard InChI is InChI=1S/C15H12ClNOS/c16-11-2-1-3-13(7-11)18-9-14-6-10-4-5-12(17)8-15(10)19-14/h1-8H,9,17H2. The minimum absolute atomic E-state index is 0.541. The zero-order valence-corrected chi connectivity index (χ0v) is 11.7. The van der Waals surface area contributed by atoms with Gasteiger partial charge in [-0.15, -0.1) is 11.3 Å². The predicted molar refractivity (Wildman–Crippen MR) is 82.0 cm³/mol. The van der Waals surface area contributed by atoms with Crippen LogP contribution in [0.5, 0.6) is 5.75 Å². The molecule has 0 unspecified atom stereocenters. The van der Waals surface area contributed by atoms with Gasteiger partial charge < -0.3 is 10.5 Å². The highest BCUT2D eigenvalue weighted by atomic mass is 35.5. The van der Waals surface area contributed by atoms with Crippen molar-refractivity contribution >= 4 is 38.7 Å². The van der Waals surface area contributed by atoms with Gasteiger partial charge in [-0.25, -0.2) is 0 Å². The molecule has 0 spiro atoms. The first-order valence-corrected chi connectivity index (χ1v) is 7.06. The van der Waals surface area contributed by atoms with Gasteiger partial charge in [-0.3, -0.25) is 0 Å². The summed E-state index contributed by atoms with van der Waals surface area (Å²) in [5.41, 5.74) is 6.56. The van der Waals surface area contributed by atoms with Crippen molar-refractivity contribution in [3.8, 4) is 5.75 Å². The Morgan fingerprint density at radius 2 is 2.00 bits per heavy atom. The van der Waals surface area contributed by atoms with Gasteiger partial charge in [-0.05, 0) is 41.8 Å². The Balaban J connectivity index is 1.78. The Morgan fingerprint density at radius 3 is 2.84 bits per heavy atom. The van der Waals surface area contributed by atoms with Gasteiger partial charge in [0.25, 0.3) is 0 Å². The van der Waals surface area contributed by atoms with E-state index >= 15 is 0 Å². The van der Waals surface area contributed by atoms with Gasteiger partial charge in [0.2, 0.25) is 0 Å². The zero-order chi connectivity index (χ0) is 13.2. The molecule has 1 aromatic heterocycles. The SMILES string of the molecule is Nc1ccc2cc(COc3cccc(Cl)c3)sc2c1. The highest BCUT2D eigenvalue weighted by molar-refractivity contribution is 7.19. The number of ether oxygens (including phenoxy) is 1. The van der Waals surface area contributed by atoms with Crippen LogP contribution in [0.2, 0.25) is 5.02 Å². The van der Waals surface area contributed by atoms with Crippen LogP contribution in [-0.4, -0.2) is 0 Å². The molecule has 0 radical (unpaired) electrons. The molecule has 3 aromatic rings. The van der Waals surface area contributed by atoms with Gasteiger partial charge in [0.15, 0.2) is 0 Å². The minimum Gasteiger partial charge on any atom is -0.488 e. The third-order valence-electron chi connectivity index (χ3n) is 2.77. The number of hydrogen-bond acceptors (Lipinski definition) is 3. The highest BCUT2D eigenvalue weighted by Gasteiger charge is 2.03. The second-order valence-electron chi connectivity index (χ2n) is 4.26. The molecule has 0 amide bonds. The van der Waals surface area contributed by atoms with E-state index in [4.69, 9.17) is 22.1 Å². The van der Waals surface area contributed by atoms with Gasteiger partial charge in [-0.2, -0.15) is 0 Å². The van der Waals surface area contributed by atoms with E-state index in [2.05, 4.69) is 6.07 Å². The number of rotatable bonds is 3. The fraction of sp³-hybridized carbons (Fsp3) is 0.0667. The van der Waals surface area contributed by atoms with Crippen molar-refractivity contribution in [2.24, 2.45) is 0 Å². The minimum atomic E-state index is 0.541. The first-order chi connectivity index (χ1) is 9.20. The summed E-state index contributed by atoms with van der Waals surface area (Å²) in [6, 6.07) is 15.5. The number of fused-ring (bicyclic) bond motifs is 1. The lowest BCUT2D eigenvalue weighted by Gasteiger charge is -2.04. The topological polar surface area (TPSA) is 35.2 Å². The largest absolute Gasteiger partial charge is 0.488 e. The van der Waals surface area contributed by atoms with Crippen molar-refractivity contribution in [2.75, 3.05) is 5.73 Å². The summed E-state index contributed by atoms with van der Waals surface area (Å²) in [4.78, 5) is 1.17. The second kappa shape index (κ2) is 5.11. The summed E-state index contributed by atoms with van der Waals surface area (Å²) in [7, 11) is 0. The average Bonchev–Trinajstić information content (AvgIpc) is 2.78. The van der Waals surface area contributed by atoms with E-state index in [1.807, 2.05) is 42.5 Å². The second-order valence-corrected chi connectivity index (χ2v) is 5.86. The Morgan fingerprint density at radius 1 is 1.11 bits per heavy atom. The summed E-state index contributed by atoms with van der Waals surface area (Å²) in [5, 5.41) is 1.88. The van der Waals surface area contributed by atoms with Crippen molar-refractivity contribution in [3.63, 3.8) is 0 Å². The van der Waals surface area contributed by atoms with E-state index in [9.17, 15) is 0 Å². The van der Waals surface area contributed by atoms with Crippen LogP contribution in [0.15, 0.2) is 48.5 Å². The van der Waals surface area contributed by atoms with Gasteiger partial charge in [0.05, 0.1) is 0 Å². The molecule has 3 rings (SSSR count). The van der Waals surface area contributed by atoms with Gasteiger partial charge in [-0.1, -0.05) is 23.7 Å². The molecule has 19 heavy (non-hydrogen) atoms. The fourth-order valence-corrected chi connectivity index (χ4v) is 3.09. The van der Waals surface area contributed by atoms with E-state index in [1.54, 1.807) is 11.3 Å².